The predicted molar refractivity (Wildman–Crippen MR) is 106 cm³/mol. The molecular formula is C21H24F2N2O3S. The van der Waals surface area contributed by atoms with Crippen LogP contribution < -0.4 is 0 Å². The summed E-state index contributed by atoms with van der Waals surface area (Å²) in [5.74, 6) is -2.14. The number of hydrogen-bond donors (Lipinski definition) is 0. The molecule has 0 bridgehead atoms. The summed E-state index contributed by atoms with van der Waals surface area (Å²) in [5.41, 5.74) is 0.601. The molecule has 0 aromatic heterocycles. The number of rotatable bonds is 3. The molecular weight excluding hydrogens is 398 g/mol. The maximum atomic E-state index is 13.9. The Balaban J connectivity index is 1.71. The quantitative estimate of drug-likeness (QED) is 0.762. The number of halogens is 2. The first-order valence-electron chi connectivity index (χ1n) is 9.35. The van der Waals surface area contributed by atoms with Crippen LogP contribution in [0.5, 0.6) is 0 Å². The van der Waals surface area contributed by atoms with E-state index in [4.69, 9.17) is 0 Å². The molecule has 0 N–H and O–H groups in total. The van der Waals surface area contributed by atoms with Gasteiger partial charge in [-0.25, -0.2) is 17.2 Å². The normalized spacial score (nSPS) is 16.1. The second-order valence-electron chi connectivity index (χ2n) is 8.09. The van der Waals surface area contributed by atoms with Crippen LogP contribution in [0.4, 0.5) is 8.78 Å². The van der Waals surface area contributed by atoms with Gasteiger partial charge in [-0.3, -0.25) is 4.79 Å². The largest absolute Gasteiger partial charge is 0.336 e. The lowest BCUT2D eigenvalue weighted by atomic mass is 9.87. The van der Waals surface area contributed by atoms with Crippen molar-refractivity contribution in [3.8, 4) is 0 Å². The zero-order valence-corrected chi connectivity index (χ0v) is 17.5. The number of benzene rings is 2. The lowest BCUT2D eigenvalue weighted by molar-refractivity contribution is 0.0692. The summed E-state index contributed by atoms with van der Waals surface area (Å²) in [4.78, 5) is 14.0. The van der Waals surface area contributed by atoms with E-state index in [-0.39, 0.29) is 42.1 Å². The van der Waals surface area contributed by atoms with Gasteiger partial charge in [0.25, 0.3) is 5.91 Å². The fourth-order valence-corrected chi connectivity index (χ4v) is 4.66. The first-order valence-corrected chi connectivity index (χ1v) is 10.8. The molecule has 8 heteroatoms. The first-order chi connectivity index (χ1) is 13.5. The van der Waals surface area contributed by atoms with Crippen molar-refractivity contribution in [3.05, 3.63) is 65.2 Å². The number of hydrogen-bond acceptors (Lipinski definition) is 3. The third-order valence-corrected chi connectivity index (χ3v) is 6.96. The van der Waals surface area contributed by atoms with Gasteiger partial charge in [-0.05, 0) is 41.3 Å². The Bertz CT molecular complexity index is 1010. The standard InChI is InChI=1S/C21H24F2N2O3S/c1-21(2,3)15-4-7-17(8-5-15)29(27,28)25-12-10-24(11-13-25)20(26)18-14-16(22)6-9-19(18)23/h4-9,14H,10-13H2,1-3H3. The van der Waals surface area contributed by atoms with Gasteiger partial charge in [-0.15, -0.1) is 0 Å². The highest BCUT2D eigenvalue weighted by Crippen LogP contribution is 2.25. The van der Waals surface area contributed by atoms with Gasteiger partial charge >= 0.3 is 0 Å². The van der Waals surface area contributed by atoms with Crippen molar-refractivity contribution in [1.82, 2.24) is 9.21 Å². The molecule has 2 aromatic carbocycles. The lowest BCUT2D eigenvalue weighted by Gasteiger charge is -2.34. The number of amides is 1. The van der Waals surface area contributed by atoms with Crippen LogP contribution >= 0.6 is 0 Å². The molecule has 0 saturated carbocycles. The summed E-state index contributed by atoms with van der Waals surface area (Å²) >= 11 is 0. The number of sulfonamides is 1. The Morgan fingerprint density at radius 1 is 0.931 bits per heavy atom. The Kier molecular flexibility index (Phi) is 5.78. The monoisotopic (exact) mass is 422 g/mol. The van der Waals surface area contributed by atoms with E-state index in [1.807, 2.05) is 20.8 Å². The van der Waals surface area contributed by atoms with Crippen LogP contribution in [0.2, 0.25) is 0 Å². The van der Waals surface area contributed by atoms with Crippen LogP contribution in [0.1, 0.15) is 36.7 Å². The Hall–Kier alpha value is -2.32. The van der Waals surface area contributed by atoms with Crippen LogP contribution in [0.25, 0.3) is 0 Å². The minimum atomic E-state index is -3.69. The average molecular weight is 422 g/mol. The molecule has 5 nitrogen and oxygen atoms in total. The van der Waals surface area contributed by atoms with Gasteiger partial charge in [-0.2, -0.15) is 4.31 Å². The lowest BCUT2D eigenvalue weighted by Crippen LogP contribution is -2.50. The van der Waals surface area contributed by atoms with Crippen LogP contribution in [0.3, 0.4) is 0 Å². The topological polar surface area (TPSA) is 57.7 Å². The fraction of sp³-hybridized carbons (Fsp3) is 0.381. The number of piperazine rings is 1. The first kappa shape index (κ1) is 21.4. The van der Waals surface area contributed by atoms with Gasteiger partial charge in [0.15, 0.2) is 0 Å². The van der Waals surface area contributed by atoms with Gasteiger partial charge in [0, 0.05) is 26.2 Å². The molecule has 0 unspecified atom stereocenters. The van der Waals surface area contributed by atoms with Crippen molar-refractivity contribution < 1.29 is 22.0 Å². The van der Waals surface area contributed by atoms with Crippen molar-refractivity contribution in [2.24, 2.45) is 0 Å². The van der Waals surface area contributed by atoms with Crippen molar-refractivity contribution in [3.63, 3.8) is 0 Å². The van der Waals surface area contributed by atoms with Gasteiger partial charge in [0.05, 0.1) is 10.5 Å². The van der Waals surface area contributed by atoms with Crippen LogP contribution in [-0.4, -0.2) is 49.7 Å². The fourth-order valence-electron chi connectivity index (χ4n) is 3.24. The highest BCUT2D eigenvalue weighted by atomic mass is 32.2. The van der Waals surface area contributed by atoms with Crippen LogP contribution in [0, 0.1) is 11.6 Å². The average Bonchev–Trinajstić information content (AvgIpc) is 2.69. The van der Waals surface area contributed by atoms with E-state index in [9.17, 15) is 22.0 Å². The predicted octanol–water partition coefficient (Wildman–Crippen LogP) is 3.41. The van der Waals surface area contributed by atoms with E-state index in [1.54, 1.807) is 24.3 Å². The highest BCUT2D eigenvalue weighted by molar-refractivity contribution is 7.89. The second kappa shape index (κ2) is 7.84. The molecule has 1 fully saturated rings. The van der Waals surface area contributed by atoms with E-state index in [0.717, 1.165) is 23.8 Å². The molecule has 1 saturated heterocycles. The van der Waals surface area contributed by atoms with E-state index >= 15 is 0 Å². The third-order valence-electron chi connectivity index (χ3n) is 5.04. The zero-order chi connectivity index (χ0) is 21.4. The summed E-state index contributed by atoms with van der Waals surface area (Å²) in [6, 6.07) is 9.51. The molecule has 1 amide bonds. The number of carbonyl (C=O) groups is 1. The molecule has 1 aliphatic heterocycles. The molecule has 156 valence electrons. The molecule has 0 radical (unpaired) electrons. The third kappa shape index (κ3) is 4.48. The van der Waals surface area contributed by atoms with E-state index in [1.165, 1.54) is 9.21 Å². The zero-order valence-electron chi connectivity index (χ0n) is 16.7. The summed E-state index contributed by atoms with van der Waals surface area (Å²) in [7, 11) is -3.69. The highest BCUT2D eigenvalue weighted by Gasteiger charge is 2.31. The Labute approximate surface area is 170 Å². The van der Waals surface area contributed by atoms with Gasteiger partial charge < -0.3 is 4.90 Å². The maximum Gasteiger partial charge on any atom is 0.257 e. The van der Waals surface area contributed by atoms with Crippen molar-refractivity contribution in [2.45, 2.75) is 31.1 Å². The molecule has 0 spiro atoms. The Morgan fingerprint density at radius 2 is 1.52 bits per heavy atom. The van der Waals surface area contributed by atoms with Crippen molar-refractivity contribution in [1.29, 1.82) is 0 Å². The van der Waals surface area contributed by atoms with E-state index in [2.05, 4.69) is 0 Å². The number of nitrogens with zero attached hydrogens (tertiary/aromatic N) is 2. The molecule has 3 rings (SSSR count). The number of carbonyl (C=O) groups excluding carboxylic acids is 1. The van der Waals surface area contributed by atoms with Crippen molar-refractivity contribution in [2.75, 3.05) is 26.2 Å². The molecule has 29 heavy (non-hydrogen) atoms. The van der Waals surface area contributed by atoms with Gasteiger partial charge in [-0.1, -0.05) is 32.9 Å². The molecule has 0 aliphatic carbocycles. The van der Waals surface area contributed by atoms with Gasteiger partial charge in [0.1, 0.15) is 11.6 Å². The molecule has 1 aliphatic rings. The summed E-state index contributed by atoms with van der Waals surface area (Å²) in [6.07, 6.45) is 0. The van der Waals surface area contributed by atoms with E-state index < -0.39 is 27.6 Å². The molecule has 0 atom stereocenters. The van der Waals surface area contributed by atoms with Crippen molar-refractivity contribution >= 4 is 15.9 Å². The molecule has 2 aromatic rings. The SMILES string of the molecule is CC(C)(C)c1ccc(S(=O)(=O)N2CCN(C(=O)c3cc(F)ccc3F)CC2)cc1. The summed E-state index contributed by atoms with van der Waals surface area (Å²) in [6.45, 7) is 6.54. The second-order valence-corrected chi connectivity index (χ2v) is 10.0. The maximum absolute atomic E-state index is 13.9. The minimum absolute atomic E-state index is 0.0829. The van der Waals surface area contributed by atoms with Crippen LogP contribution in [-0.2, 0) is 15.4 Å². The smallest absolute Gasteiger partial charge is 0.257 e. The summed E-state index contributed by atoms with van der Waals surface area (Å²) < 4.78 is 54.3. The minimum Gasteiger partial charge on any atom is -0.336 e. The van der Waals surface area contributed by atoms with Gasteiger partial charge in [0.2, 0.25) is 10.0 Å². The van der Waals surface area contributed by atoms with Crippen LogP contribution in [0.15, 0.2) is 47.4 Å². The Morgan fingerprint density at radius 3 is 2.07 bits per heavy atom. The summed E-state index contributed by atoms with van der Waals surface area (Å²) in [5, 5.41) is 0. The molecule has 1 heterocycles. The van der Waals surface area contributed by atoms with E-state index in [0.29, 0.717) is 0 Å².